The third-order valence-corrected chi connectivity index (χ3v) is 3.75. The van der Waals surface area contributed by atoms with Crippen molar-refractivity contribution in [3.05, 3.63) is 58.9 Å². The van der Waals surface area contributed by atoms with Gasteiger partial charge in [-0.2, -0.15) is 0 Å². The third-order valence-electron chi connectivity index (χ3n) is 3.46. The van der Waals surface area contributed by atoms with Gasteiger partial charge in [-0.05, 0) is 30.7 Å². The van der Waals surface area contributed by atoms with Crippen molar-refractivity contribution in [2.24, 2.45) is 0 Å². The van der Waals surface area contributed by atoms with Crippen LogP contribution >= 0.6 is 11.6 Å². The smallest absolute Gasteiger partial charge is 0.232 e. The predicted octanol–water partition coefficient (Wildman–Crippen LogP) is 3.98. The van der Waals surface area contributed by atoms with Crippen molar-refractivity contribution >= 4 is 23.2 Å². The van der Waals surface area contributed by atoms with E-state index in [-0.39, 0.29) is 16.8 Å². The van der Waals surface area contributed by atoms with Crippen molar-refractivity contribution in [1.29, 1.82) is 0 Å². The van der Waals surface area contributed by atoms with Crippen LogP contribution in [0.5, 0.6) is 5.75 Å². The highest BCUT2D eigenvalue weighted by Gasteiger charge is 2.27. The second kappa shape index (κ2) is 5.74. The van der Waals surface area contributed by atoms with E-state index in [1.165, 1.54) is 18.2 Å². The minimum Gasteiger partial charge on any atom is -0.493 e. The monoisotopic (exact) mass is 305 g/mol. The van der Waals surface area contributed by atoms with Crippen LogP contribution in [0.2, 0.25) is 5.02 Å². The molecule has 1 aliphatic heterocycles. The lowest BCUT2D eigenvalue weighted by Crippen LogP contribution is -2.26. The van der Waals surface area contributed by atoms with E-state index in [1.807, 2.05) is 24.3 Å². The Morgan fingerprint density at radius 3 is 2.90 bits per heavy atom. The fraction of sp³-hybridized carbons (Fsp3) is 0.188. The van der Waals surface area contributed by atoms with E-state index in [0.29, 0.717) is 18.7 Å². The summed E-state index contributed by atoms with van der Waals surface area (Å²) in [7, 11) is 0. The molecule has 21 heavy (non-hydrogen) atoms. The fourth-order valence-corrected chi connectivity index (χ4v) is 2.60. The van der Waals surface area contributed by atoms with Crippen LogP contribution in [-0.4, -0.2) is 12.5 Å². The summed E-state index contributed by atoms with van der Waals surface area (Å²) in [5.74, 6) is -0.195. The number of rotatable bonds is 2. The topological polar surface area (TPSA) is 38.3 Å². The molecule has 108 valence electrons. The molecule has 0 fully saturated rings. The van der Waals surface area contributed by atoms with Crippen LogP contribution in [0.1, 0.15) is 17.9 Å². The van der Waals surface area contributed by atoms with E-state index in [0.717, 1.165) is 11.3 Å². The van der Waals surface area contributed by atoms with E-state index < -0.39 is 5.82 Å². The summed E-state index contributed by atoms with van der Waals surface area (Å²) in [5, 5.41) is 2.76. The number of hydrogen-bond acceptors (Lipinski definition) is 2. The summed E-state index contributed by atoms with van der Waals surface area (Å²) < 4.78 is 18.7. The summed E-state index contributed by atoms with van der Waals surface area (Å²) in [6.45, 7) is 0.499. The van der Waals surface area contributed by atoms with Gasteiger partial charge in [0.05, 0.1) is 17.5 Å². The number of benzene rings is 2. The lowest BCUT2D eigenvalue weighted by atomic mass is 9.92. The summed E-state index contributed by atoms with van der Waals surface area (Å²) in [6.07, 6.45) is 0.609. The van der Waals surface area contributed by atoms with Crippen LogP contribution < -0.4 is 10.1 Å². The number of amides is 1. The molecule has 3 nitrogen and oxygen atoms in total. The summed E-state index contributed by atoms with van der Waals surface area (Å²) in [5.41, 5.74) is 1.35. The Balaban J connectivity index is 1.81. The zero-order valence-electron chi connectivity index (χ0n) is 11.1. The van der Waals surface area contributed by atoms with Gasteiger partial charge in [-0.25, -0.2) is 4.39 Å². The Labute approximate surface area is 126 Å². The minimum atomic E-state index is -0.508. The van der Waals surface area contributed by atoms with Crippen molar-refractivity contribution in [2.45, 2.75) is 12.3 Å². The Morgan fingerprint density at radius 1 is 1.29 bits per heavy atom. The lowest BCUT2D eigenvalue weighted by molar-refractivity contribution is -0.118. The molecule has 0 saturated heterocycles. The van der Waals surface area contributed by atoms with Crippen LogP contribution in [0.3, 0.4) is 0 Å². The highest BCUT2D eigenvalue weighted by atomic mass is 35.5. The van der Waals surface area contributed by atoms with Crippen molar-refractivity contribution in [3.8, 4) is 5.75 Å². The molecule has 2 aromatic carbocycles. The summed E-state index contributed by atoms with van der Waals surface area (Å²) in [6, 6.07) is 11.6. The Kier molecular flexibility index (Phi) is 3.80. The molecule has 0 aliphatic carbocycles. The van der Waals surface area contributed by atoms with Crippen LogP contribution in [0.15, 0.2) is 42.5 Å². The molecule has 5 heteroatoms. The molecule has 1 heterocycles. The highest BCUT2D eigenvalue weighted by Crippen LogP contribution is 2.34. The van der Waals surface area contributed by atoms with Gasteiger partial charge in [-0.15, -0.1) is 0 Å². The number of carbonyl (C=O) groups is 1. The second-order valence-electron chi connectivity index (χ2n) is 4.85. The Hall–Kier alpha value is -2.07. The quantitative estimate of drug-likeness (QED) is 0.911. The zero-order valence-corrected chi connectivity index (χ0v) is 11.9. The van der Waals surface area contributed by atoms with E-state index in [9.17, 15) is 9.18 Å². The van der Waals surface area contributed by atoms with E-state index in [2.05, 4.69) is 5.32 Å². The van der Waals surface area contributed by atoms with Gasteiger partial charge in [0.1, 0.15) is 11.6 Å². The fourth-order valence-electron chi connectivity index (χ4n) is 2.42. The number of fused-ring (bicyclic) bond motifs is 1. The number of carbonyl (C=O) groups excluding carboxylic acids is 1. The summed E-state index contributed by atoms with van der Waals surface area (Å²) in [4.78, 5) is 12.4. The second-order valence-corrected chi connectivity index (χ2v) is 5.25. The van der Waals surface area contributed by atoms with Crippen LogP contribution in [-0.2, 0) is 4.79 Å². The maximum absolute atomic E-state index is 13.1. The molecule has 1 amide bonds. The Bertz CT molecular complexity index is 690. The number of hydrogen-bond donors (Lipinski definition) is 1. The SMILES string of the molecule is O=C(Nc1ccc(F)c(Cl)c1)C1CCOc2ccccc21. The largest absolute Gasteiger partial charge is 0.493 e. The standard InChI is InChI=1S/C16H13ClFNO2/c17-13-9-10(5-6-14(13)18)19-16(20)12-7-8-21-15-4-2-1-3-11(12)15/h1-6,9,12H,7-8H2,(H,19,20). The lowest BCUT2D eigenvalue weighted by Gasteiger charge is -2.25. The number of ether oxygens (including phenoxy) is 1. The number of anilines is 1. The van der Waals surface area contributed by atoms with Gasteiger partial charge in [0.15, 0.2) is 0 Å². The zero-order chi connectivity index (χ0) is 14.8. The molecule has 2 aromatic rings. The first-order valence-corrected chi connectivity index (χ1v) is 7.00. The maximum atomic E-state index is 13.1. The van der Waals surface area contributed by atoms with Gasteiger partial charge in [0.2, 0.25) is 5.91 Å². The normalized spacial score (nSPS) is 16.8. The average molecular weight is 306 g/mol. The molecule has 1 atom stereocenters. The van der Waals surface area contributed by atoms with Gasteiger partial charge >= 0.3 is 0 Å². The summed E-state index contributed by atoms with van der Waals surface area (Å²) >= 11 is 5.72. The number of para-hydroxylation sites is 1. The first-order valence-electron chi connectivity index (χ1n) is 6.63. The molecule has 1 unspecified atom stereocenters. The molecular formula is C16H13ClFNO2. The average Bonchev–Trinajstić information content (AvgIpc) is 2.50. The molecule has 1 N–H and O–H groups in total. The highest BCUT2D eigenvalue weighted by molar-refractivity contribution is 6.31. The van der Waals surface area contributed by atoms with Gasteiger partial charge in [-0.3, -0.25) is 4.79 Å². The van der Waals surface area contributed by atoms with Gasteiger partial charge in [0.25, 0.3) is 0 Å². The molecule has 0 radical (unpaired) electrons. The van der Waals surface area contributed by atoms with Gasteiger partial charge in [0, 0.05) is 11.3 Å². The van der Waals surface area contributed by atoms with Crippen LogP contribution in [0.25, 0.3) is 0 Å². The maximum Gasteiger partial charge on any atom is 0.232 e. The van der Waals surface area contributed by atoms with Crippen LogP contribution in [0, 0.1) is 5.82 Å². The predicted molar refractivity (Wildman–Crippen MR) is 79.3 cm³/mol. The molecule has 0 bridgehead atoms. The first kappa shape index (κ1) is 13.9. The van der Waals surface area contributed by atoms with Crippen molar-refractivity contribution in [3.63, 3.8) is 0 Å². The number of nitrogens with one attached hydrogen (secondary N) is 1. The Morgan fingerprint density at radius 2 is 2.10 bits per heavy atom. The third kappa shape index (κ3) is 2.85. The minimum absolute atomic E-state index is 0.0137. The molecule has 0 aromatic heterocycles. The van der Waals surface area contributed by atoms with E-state index in [4.69, 9.17) is 16.3 Å². The number of halogens is 2. The molecule has 1 aliphatic rings. The van der Waals surface area contributed by atoms with Gasteiger partial charge < -0.3 is 10.1 Å². The van der Waals surface area contributed by atoms with E-state index >= 15 is 0 Å². The van der Waals surface area contributed by atoms with Crippen molar-refractivity contribution in [2.75, 3.05) is 11.9 Å². The van der Waals surface area contributed by atoms with E-state index in [1.54, 1.807) is 0 Å². The molecule has 0 spiro atoms. The van der Waals surface area contributed by atoms with Crippen LogP contribution in [0.4, 0.5) is 10.1 Å². The van der Waals surface area contributed by atoms with Crippen molar-refractivity contribution in [1.82, 2.24) is 0 Å². The molecule has 0 saturated carbocycles. The molecule has 3 rings (SSSR count). The van der Waals surface area contributed by atoms with Crippen molar-refractivity contribution < 1.29 is 13.9 Å². The first-order chi connectivity index (χ1) is 10.1. The molecular weight excluding hydrogens is 293 g/mol. The van der Waals surface area contributed by atoms with Gasteiger partial charge in [-0.1, -0.05) is 29.8 Å².